The summed E-state index contributed by atoms with van der Waals surface area (Å²) in [5, 5.41) is 5.44. The van der Waals surface area contributed by atoms with Crippen LogP contribution in [0, 0.1) is 0 Å². The minimum absolute atomic E-state index is 0.229. The van der Waals surface area contributed by atoms with Crippen LogP contribution in [-0.2, 0) is 11.3 Å². The molecule has 1 amide bonds. The Kier molecular flexibility index (Phi) is 4.68. The number of benzene rings is 1. The van der Waals surface area contributed by atoms with Gasteiger partial charge in [0.05, 0.1) is 6.54 Å². The third kappa shape index (κ3) is 3.71. The fraction of sp³-hybridized carbons (Fsp3) is 0.353. The molecule has 1 aromatic carbocycles. The lowest BCUT2D eigenvalue weighted by Gasteiger charge is -2.15. The minimum Gasteiger partial charge on any atom is -0.342 e. The van der Waals surface area contributed by atoms with Gasteiger partial charge in [-0.15, -0.1) is 11.3 Å². The van der Waals surface area contributed by atoms with E-state index in [1.807, 2.05) is 11.0 Å². The zero-order chi connectivity index (χ0) is 14.5. The van der Waals surface area contributed by atoms with Gasteiger partial charge in [0.1, 0.15) is 0 Å². The van der Waals surface area contributed by atoms with E-state index in [-0.39, 0.29) is 5.91 Å². The summed E-state index contributed by atoms with van der Waals surface area (Å²) in [6.07, 6.45) is 2.30. The Bertz CT molecular complexity index is 588. The normalized spacial score (nSPS) is 14.6. The van der Waals surface area contributed by atoms with Crippen LogP contribution >= 0.6 is 11.3 Å². The molecular weight excluding hydrogens is 280 g/mol. The first-order valence-electron chi connectivity index (χ1n) is 7.44. The van der Waals surface area contributed by atoms with Gasteiger partial charge in [-0.05, 0) is 35.4 Å². The molecule has 1 fully saturated rings. The average molecular weight is 300 g/mol. The molecule has 0 radical (unpaired) electrons. The number of hydrogen-bond donors (Lipinski definition) is 1. The van der Waals surface area contributed by atoms with Gasteiger partial charge in [0.25, 0.3) is 0 Å². The Morgan fingerprint density at radius 3 is 2.67 bits per heavy atom. The van der Waals surface area contributed by atoms with E-state index in [1.54, 1.807) is 11.3 Å². The van der Waals surface area contributed by atoms with Gasteiger partial charge in [0.15, 0.2) is 0 Å². The van der Waals surface area contributed by atoms with Crippen LogP contribution in [0.4, 0.5) is 0 Å². The highest BCUT2D eigenvalue weighted by molar-refractivity contribution is 7.10. The van der Waals surface area contributed by atoms with Crippen molar-refractivity contribution in [2.24, 2.45) is 0 Å². The summed E-state index contributed by atoms with van der Waals surface area (Å²) in [5.74, 6) is 0.229. The van der Waals surface area contributed by atoms with Gasteiger partial charge in [-0.1, -0.05) is 30.3 Å². The van der Waals surface area contributed by atoms with Crippen LogP contribution in [0.3, 0.4) is 0 Å². The summed E-state index contributed by atoms with van der Waals surface area (Å²) in [7, 11) is 0. The number of amides is 1. The number of nitrogens with one attached hydrogen (secondary N) is 1. The standard InChI is InChI=1S/C17H20N2OS/c20-17(19-8-4-5-9-19)12-18-11-16-10-15(13-21-16)14-6-2-1-3-7-14/h1-3,6-7,10,13,18H,4-5,8-9,11-12H2. The van der Waals surface area contributed by atoms with E-state index in [0.717, 1.165) is 32.5 Å². The van der Waals surface area contributed by atoms with Crippen LogP contribution in [0.15, 0.2) is 41.8 Å². The molecular formula is C17H20N2OS. The molecule has 0 saturated carbocycles. The van der Waals surface area contributed by atoms with Crippen molar-refractivity contribution in [3.05, 3.63) is 46.7 Å². The van der Waals surface area contributed by atoms with Gasteiger partial charge in [0, 0.05) is 24.5 Å². The lowest BCUT2D eigenvalue weighted by Crippen LogP contribution is -2.35. The third-order valence-electron chi connectivity index (χ3n) is 3.80. The van der Waals surface area contributed by atoms with Gasteiger partial charge in [0.2, 0.25) is 5.91 Å². The molecule has 0 atom stereocenters. The maximum absolute atomic E-state index is 11.9. The first-order valence-corrected chi connectivity index (χ1v) is 8.32. The number of thiophene rings is 1. The summed E-state index contributed by atoms with van der Waals surface area (Å²) < 4.78 is 0. The maximum Gasteiger partial charge on any atom is 0.236 e. The summed E-state index contributed by atoms with van der Waals surface area (Å²) in [6, 6.07) is 12.6. The monoisotopic (exact) mass is 300 g/mol. The maximum atomic E-state index is 11.9. The molecule has 4 heteroatoms. The second-order valence-corrected chi connectivity index (χ2v) is 6.35. The number of carbonyl (C=O) groups is 1. The predicted octanol–water partition coefficient (Wildman–Crippen LogP) is 3.13. The molecule has 0 spiro atoms. The second-order valence-electron chi connectivity index (χ2n) is 5.36. The summed E-state index contributed by atoms with van der Waals surface area (Å²) in [6.45, 7) is 3.06. The molecule has 1 saturated heterocycles. The first-order chi connectivity index (χ1) is 10.3. The summed E-state index contributed by atoms with van der Waals surface area (Å²) in [5.41, 5.74) is 2.50. The Morgan fingerprint density at radius 2 is 1.90 bits per heavy atom. The quantitative estimate of drug-likeness (QED) is 0.920. The van der Waals surface area contributed by atoms with E-state index in [9.17, 15) is 4.79 Å². The number of likely N-dealkylation sites (tertiary alicyclic amines) is 1. The van der Waals surface area contributed by atoms with E-state index in [4.69, 9.17) is 0 Å². The van der Waals surface area contributed by atoms with Gasteiger partial charge in [-0.25, -0.2) is 0 Å². The minimum atomic E-state index is 0.229. The van der Waals surface area contributed by atoms with Crippen molar-refractivity contribution in [1.82, 2.24) is 10.2 Å². The van der Waals surface area contributed by atoms with E-state index in [2.05, 4.69) is 41.0 Å². The fourth-order valence-corrected chi connectivity index (χ4v) is 3.49. The molecule has 0 bridgehead atoms. The van der Waals surface area contributed by atoms with Crippen molar-refractivity contribution in [2.75, 3.05) is 19.6 Å². The van der Waals surface area contributed by atoms with Gasteiger partial charge in [-0.2, -0.15) is 0 Å². The third-order valence-corrected chi connectivity index (χ3v) is 4.73. The van der Waals surface area contributed by atoms with Crippen LogP contribution in [0.1, 0.15) is 17.7 Å². The van der Waals surface area contributed by atoms with Crippen molar-refractivity contribution in [3.8, 4) is 11.1 Å². The molecule has 1 N–H and O–H groups in total. The number of hydrogen-bond acceptors (Lipinski definition) is 3. The molecule has 1 aliphatic heterocycles. The van der Waals surface area contributed by atoms with Gasteiger partial charge >= 0.3 is 0 Å². The van der Waals surface area contributed by atoms with E-state index < -0.39 is 0 Å². The molecule has 1 aliphatic rings. The van der Waals surface area contributed by atoms with E-state index >= 15 is 0 Å². The molecule has 0 unspecified atom stereocenters. The zero-order valence-corrected chi connectivity index (χ0v) is 12.9. The van der Waals surface area contributed by atoms with Gasteiger partial charge < -0.3 is 10.2 Å². The van der Waals surface area contributed by atoms with Crippen LogP contribution in [0.25, 0.3) is 11.1 Å². The molecule has 1 aromatic heterocycles. The SMILES string of the molecule is O=C(CNCc1cc(-c2ccccc2)cs1)N1CCCC1. The van der Waals surface area contributed by atoms with Crippen LogP contribution in [-0.4, -0.2) is 30.4 Å². The van der Waals surface area contributed by atoms with Crippen molar-refractivity contribution in [3.63, 3.8) is 0 Å². The Balaban J connectivity index is 1.50. The van der Waals surface area contributed by atoms with Crippen molar-refractivity contribution in [1.29, 1.82) is 0 Å². The molecule has 3 rings (SSSR count). The zero-order valence-electron chi connectivity index (χ0n) is 12.0. The lowest BCUT2D eigenvalue weighted by molar-refractivity contribution is -0.129. The van der Waals surface area contributed by atoms with E-state index in [1.165, 1.54) is 16.0 Å². The first kappa shape index (κ1) is 14.3. The second kappa shape index (κ2) is 6.87. The highest BCUT2D eigenvalue weighted by atomic mass is 32.1. The van der Waals surface area contributed by atoms with Crippen LogP contribution in [0.2, 0.25) is 0 Å². The van der Waals surface area contributed by atoms with Crippen LogP contribution < -0.4 is 5.32 Å². The average Bonchev–Trinajstić information content (AvgIpc) is 3.20. The van der Waals surface area contributed by atoms with Crippen LogP contribution in [0.5, 0.6) is 0 Å². The predicted molar refractivity (Wildman–Crippen MR) is 87.3 cm³/mol. The molecule has 21 heavy (non-hydrogen) atoms. The van der Waals surface area contributed by atoms with E-state index in [0.29, 0.717) is 6.54 Å². The fourth-order valence-electron chi connectivity index (χ4n) is 2.63. The Labute approximate surface area is 129 Å². The number of rotatable bonds is 5. The molecule has 2 heterocycles. The summed E-state index contributed by atoms with van der Waals surface area (Å²) in [4.78, 5) is 15.2. The van der Waals surface area contributed by atoms with Gasteiger partial charge in [-0.3, -0.25) is 4.79 Å². The Hall–Kier alpha value is -1.65. The topological polar surface area (TPSA) is 32.3 Å². The van der Waals surface area contributed by atoms with Crippen molar-refractivity contribution >= 4 is 17.2 Å². The molecule has 0 aliphatic carbocycles. The lowest BCUT2D eigenvalue weighted by atomic mass is 10.1. The largest absolute Gasteiger partial charge is 0.342 e. The Morgan fingerprint density at radius 1 is 1.14 bits per heavy atom. The number of nitrogens with zero attached hydrogens (tertiary/aromatic N) is 1. The number of carbonyl (C=O) groups excluding carboxylic acids is 1. The van der Waals surface area contributed by atoms with Crippen molar-refractivity contribution in [2.45, 2.75) is 19.4 Å². The highest BCUT2D eigenvalue weighted by Crippen LogP contribution is 2.25. The highest BCUT2D eigenvalue weighted by Gasteiger charge is 2.16. The smallest absolute Gasteiger partial charge is 0.236 e. The van der Waals surface area contributed by atoms with Crippen molar-refractivity contribution < 1.29 is 4.79 Å². The summed E-state index contributed by atoms with van der Waals surface area (Å²) >= 11 is 1.74. The molecule has 2 aromatic rings. The molecule has 3 nitrogen and oxygen atoms in total. The molecule has 110 valence electrons.